The number of likely N-dealkylation sites (tertiary alicyclic amines) is 1. The van der Waals surface area contributed by atoms with Crippen LogP contribution in [0.25, 0.3) is 10.9 Å². The molecule has 0 saturated carbocycles. The molecule has 1 aliphatic heterocycles. The lowest BCUT2D eigenvalue weighted by atomic mass is 9.98. The number of carbonyl (C=O) groups excluding carboxylic acids is 3. The predicted molar refractivity (Wildman–Crippen MR) is 103 cm³/mol. The smallest absolute Gasteiger partial charge is 0.356 e. The minimum atomic E-state index is -0.542. The number of esters is 2. The number of rotatable bonds is 6. The van der Waals surface area contributed by atoms with Crippen LogP contribution >= 0.6 is 0 Å². The first-order valence-corrected chi connectivity index (χ1v) is 9.52. The number of benzene rings is 1. The summed E-state index contributed by atoms with van der Waals surface area (Å²) < 4.78 is 9.94. The number of piperidine rings is 1. The van der Waals surface area contributed by atoms with Crippen LogP contribution in [0.15, 0.2) is 24.3 Å². The van der Waals surface area contributed by atoms with Crippen LogP contribution in [-0.2, 0) is 19.1 Å². The van der Waals surface area contributed by atoms with Gasteiger partial charge in [0.1, 0.15) is 11.6 Å². The summed E-state index contributed by atoms with van der Waals surface area (Å²) in [5.74, 6) is -1.12. The van der Waals surface area contributed by atoms with Crippen molar-refractivity contribution in [1.29, 1.82) is 0 Å². The van der Waals surface area contributed by atoms with E-state index in [0.717, 1.165) is 35.2 Å². The van der Waals surface area contributed by atoms with Crippen molar-refractivity contribution in [1.82, 2.24) is 4.98 Å². The van der Waals surface area contributed by atoms with Crippen molar-refractivity contribution in [2.24, 2.45) is 5.92 Å². The molecule has 0 radical (unpaired) electrons. The molecule has 2 aromatic rings. The molecule has 8 heteroatoms. The second-order valence-corrected chi connectivity index (χ2v) is 6.93. The number of fused-ring (bicyclic) bond motifs is 1. The molecular formula is C20H26N3O5+. The fourth-order valence-electron chi connectivity index (χ4n) is 3.71. The van der Waals surface area contributed by atoms with Crippen molar-refractivity contribution in [2.75, 3.05) is 38.7 Å². The zero-order valence-electron chi connectivity index (χ0n) is 16.2. The Balaban J connectivity index is 1.71. The van der Waals surface area contributed by atoms with Crippen molar-refractivity contribution in [2.45, 2.75) is 19.8 Å². The lowest BCUT2D eigenvalue weighted by Gasteiger charge is -2.28. The van der Waals surface area contributed by atoms with E-state index in [-0.39, 0.29) is 30.0 Å². The molecule has 1 fully saturated rings. The molecular weight excluding hydrogens is 362 g/mol. The predicted octanol–water partition coefficient (Wildman–Crippen LogP) is 0.751. The third-order valence-corrected chi connectivity index (χ3v) is 5.01. The van der Waals surface area contributed by atoms with Crippen LogP contribution in [0.3, 0.4) is 0 Å². The molecule has 3 N–H and O–H groups in total. The highest BCUT2D eigenvalue weighted by Gasteiger charge is 2.31. The first kappa shape index (κ1) is 19.9. The third kappa shape index (κ3) is 4.33. The number of anilines is 1. The van der Waals surface area contributed by atoms with Gasteiger partial charge in [0.05, 0.1) is 32.5 Å². The standard InChI is InChI=1S/C20H25N3O5/c1-3-28-19(25)13-7-6-10-23(11-13)12-16(24)22-17-14-8-4-5-9-15(14)21-18(17)20(26)27-2/h4-5,8-9,13,21H,3,6-7,10-12H2,1-2H3,(H,22,24)/p+1/t13-/m0/s1. The van der Waals surface area contributed by atoms with Crippen molar-refractivity contribution >= 4 is 34.4 Å². The van der Waals surface area contributed by atoms with Gasteiger partial charge in [-0.1, -0.05) is 18.2 Å². The number of quaternary nitrogens is 1. The van der Waals surface area contributed by atoms with E-state index in [1.54, 1.807) is 6.92 Å². The van der Waals surface area contributed by atoms with Gasteiger partial charge in [-0.25, -0.2) is 4.79 Å². The fourth-order valence-corrected chi connectivity index (χ4v) is 3.71. The molecule has 1 saturated heterocycles. The summed E-state index contributed by atoms with van der Waals surface area (Å²) in [7, 11) is 1.30. The Morgan fingerprint density at radius 3 is 2.82 bits per heavy atom. The van der Waals surface area contributed by atoms with E-state index in [2.05, 4.69) is 10.3 Å². The largest absolute Gasteiger partial charge is 0.466 e. The molecule has 3 rings (SSSR count). The molecule has 0 bridgehead atoms. The number of methoxy groups -OCH3 is 1. The highest BCUT2D eigenvalue weighted by molar-refractivity contribution is 6.11. The molecule has 1 unspecified atom stereocenters. The monoisotopic (exact) mass is 388 g/mol. The number of ether oxygens (including phenoxy) is 2. The summed E-state index contributed by atoms with van der Waals surface area (Å²) in [6.45, 7) is 3.77. The maximum absolute atomic E-state index is 12.7. The van der Waals surface area contributed by atoms with Gasteiger partial charge in [0.2, 0.25) is 0 Å². The number of para-hydroxylation sites is 1. The summed E-state index contributed by atoms with van der Waals surface area (Å²) in [5.41, 5.74) is 1.38. The van der Waals surface area contributed by atoms with Gasteiger partial charge >= 0.3 is 11.9 Å². The van der Waals surface area contributed by atoms with E-state index in [1.165, 1.54) is 7.11 Å². The van der Waals surface area contributed by atoms with E-state index in [0.29, 0.717) is 18.8 Å². The van der Waals surface area contributed by atoms with Crippen molar-refractivity contribution < 1.29 is 28.8 Å². The van der Waals surface area contributed by atoms with Crippen LogP contribution in [0, 0.1) is 5.92 Å². The van der Waals surface area contributed by atoms with Gasteiger partial charge in [0, 0.05) is 10.9 Å². The maximum atomic E-state index is 12.7. The number of nitrogens with one attached hydrogen (secondary N) is 3. The number of aromatic nitrogens is 1. The molecule has 0 spiro atoms. The quantitative estimate of drug-likeness (QED) is 0.634. The lowest BCUT2D eigenvalue weighted by molar-refractivity contribution is -0.899. The van der Waals surface area contributed by atoms with Gasteiger partial charge in [-0.3, -0.25) is 9.59 Å². The average molecular weight is 388 g/mol. The molecule has 150 valence electrons. The number of hydrogen-bond donors (Lipinski definition) is 3. The lowest BCUT2D eigenvalue weighted by Crippen LogP contribution is -3.14. The van der Waals surface area contributed by atoms with E-state index in [9.17, 15) is 14.4 Å². The number of aromatic amines is 1. The number of carbonyl (C=O) groups is 3. The van der Waals surface area contributed by atoms with Gasteiger partial charge in [0.15, 0.2) is 6.54 Å². The minimum absolute atomic E-state index is 0.171. The van der Waals surface area contributed by atoms with Crippen LogP contribution in [0.1, 0.15) is 30.3 Å². The van der Waals surface area contributed by atoms with Crippen LogP contribution < -0.4 is 10.2 Å². The van der Waals surface area contributed by atoms with Crippen LogP contribution in [0.5, 0.6) is 0 Å². The Morgan fingerprint density at radius 2 is 2.07 bits per heavy atom. The van der Waals surface area contributed by atoms with E-state index >= 15 is 0 Å². The third-order valence-electron chi connectivity index (χ3n) is 5.01. The Labute approximate surface area is 163 Å². The maximum Gasteiger partial charge on any atom is 0.356 e. The van der Waals surface area contributed by atoms with Crippen LogP contribution in [0.4, 0.5) is 5.69 Å². The van der Waals surface area contributed by atoms with Gasteiger partial charge in [0.25, 0.3) is 5.91 Å². The zero-order valence-corrected chi connectivity index (χ0v) is 16.2. The van der Waals surface area contributed by atoms with E-state index in [1.807, 2.05) is 24.3 Å². The van der Waals surface area contributed by atoms with Gasteiger partial charge in [-0.15, -0.1) is 0 Å². The van der Waals surface area contributed by atoms with E-state index < -0.39 is 5.97 Å². The van der Waals surface area contributed by atoms with Crippen molar-refractivity contribution in [3.05, 3.63) is 30.0 Å². The normalized spacial score (nSPS) is 19.2. The number of hydrogen-bond acceptors (Lipinski definition) is 5. The number of H-pyrrole nitrogens is 1. The van der Waals surface area contributed by atoms with Gasteiger partial charge < -0.3 is 24.7 Å². The molecule has 8 nitrogen and oxygen atoms in total. The molecule has 1 aromatic carbocycles. The highest BCUT2D eigenvalue weighted by Crippen LogP contribution is 2.28. The van der Waals surface area contributed by atoms with Crippen molar-refractivity contribution in [3.63, 3.8) is 0 Å². The summed E-state index contributed by atoms with van der Waals surface area (Å²) >= 11 is 0. The molecule has 28 heavy (non-hydrogen) atoms. The first-order chi connectivity index (χ1) is 13.5. The van der Waals surface area contributed by atoms with Crippen molar-refractivity contribution in [3.8, 4) is 0 Å². The Bertz CT molecular complexity index is 876. The van der Waals surface area contributed by atoms with E-state index in [4.69, 9.17) is 9.47 Å². The molecule has 0 aliphatic carbocycles. The molecule has 1 amide bonds. The Morgan fingerprint density at radius 1 is 1.29 bits per heavy atom. The van der Waals surface area contributed by atoms with Crippen LogP contribution in [0.2, 0.25) is 0 Å². The highest BCUT2D eigenvalue weighted by atomic mass is 16.5. The summed E-state index contributed by atoms with van der Waals surface area (Å²) in [5, 5.41) is 3.60. The molecule has 1 aliphatic rings. The van der Waals surface area contributed by atoms with Gasteiger partial charge in [-0.2, -0.15) is 0 Å². The fraction of sp³-hybridized carbons (Fsp3) is 0.450. The summed E-state index contributed by atoms with van der Waals surface area (Å²) in [6.07, 6.45) is 1.66. The SMILES string of the molecule is CCOC(=O)[C@H]1CCC[NH+](CC(=O)Nc2c(C(=O)OC)[nH]c3ccccc23)C1. The summed E-state index contributed by atoms with van der Waals surface area (Å²) in [4.78, 5) is 40.8. The summed E-state index contributed by atoms with van der Waals surface area (Å²) in [6, 6.07) is 7.35. The minimum Gasteiger partial charge on any atom is -0.466 e. The average Bonchev–Trinajstić information content (AvgIpc) is 3.06. The van der Waals surface area contributed by atoms with Gasteiger partial charge in [-0.05, 0) is 25.8 Å². The number of amides is 1. The molecule has 1 aromatic heterocycles. The topological polar surface area (TPSA) is 102 Å². The second-order valence-electron chi connectivity index (χ2n) is 6.93. The van der Waals surface area contributed by atoms with Crippen LogP contribution in [-0.4, -0.2) is 56.2 Å². The second kappa shape index (κ2) is 8.88. The molecule has 2 atom stereocenters. The first-order valence-electron chi connectivity index (χ1n) is 9.52. The Kier molecular flexibility index (Phi) is 6.30. The zero-order chi connectivity index (χ0) is 20.1. The molecule has 2 heterocycles. The Hall–Kier alpha value is -2.87.